The first-order valence-corrected chi connectivity index (χ1v) is 11.8. The Labute approximate surface area is 177 Å². The van der Waals surface area contributed by atoms with Crippen molar-refractivity contribution >= 4 is 0 Å². The zero-order valence-electron chi connectivity index (χ0n) is 18.4. The van der Waals surface area contributed by atoms with E-state index in [9.17, 15) is 0 Å². The highest BCUT2D eigenvalue weighted by Crippen LogP contribution is 2.36. The van der Waals surface area contributed by atoms with Crippen LogP contribution in [0.4, 0.5) is 0 Å². The van der Waals surface area contributed by atoms with E-state index in [1.165, 1.54) is 64.2 Å². The molecular formula is C26H38N2O. The number of hydrogen-bond acceptors (Lipinski definition) is 3. The summed E-state index contributed by atoms with van der Waals surface area (Å²) >= 11 is 0. The molecule has 0 bridgehead atoms. The van der Waals surface area contributed by atoms with E-state index >= 15 is 0 Å². The predicted molar refractivity (Wildman–Crippen MR) is 121 cm³/mol. The van der Waals surface area contributed by atoms with Gasteiger partial charge in [0.1, 0.15) is 5.75 Å². The van der Waals surface area contributed by atoms with Crippen LogP contribution < -0.4 is 4.74 Å². The van der Waals surface area contributed by atoms with Gasteiger partial charge in [-0.15, -0.1) is 0 Å². The first kappa shape index (κ1) is 21.8. The summed E-state index contributed by atoms with van der Waals surface area (Å²) in [7, 11) is 0. The first-order valence-electron chi connectivity index (χ1n) is 11.8. The second-order valence-electron chi connectivity index (χ2n) is 8.56. The molecule has 1 heterocycles. The third-order valence-corrected chi connectivity index (χ3v) is 6.45. The Hall–Kier alpha value is -1.90. The molecular weight excluding hydrogens is 356 g/mol. The van der Waals surface area contributed by atoms with Gasteiger partial charge in [0.15, 0.2) is 0 Å². The minimum Gasteiger partial charge on any atom is -0.494 e. The molecule has 1 aliphatic rings. The third-order valence-electron chi connectivity index (χ3n) is 6.45. The number of rotatable bonds is 11. The van der Waals surface area contributed by atoms with Crippen molar-refractivity contribution < 1.29 is 4.74 Å². The van der Waals surface area contributed by atoms with Gasteiger partial charge in [-0.1, -0.05) is 65.2 Å². The quantitative estimate of drug-likeness (QED) is 0.376. The van der Waals surface area contributed by atoms with Gasteiger partial charge in [-0.05, 0) is 55.4 Å². The van der Waals surface area contributed by atoms with Crippen molar-refractivity contribution in [1.82, 2.24) is 9.97 Å². The summed E-state index contributed by atoms with van der Waals surface area (Å²) in [6.45, 7) is 5.22. The molecule has 1 aromatic carbocycles. The van der Waals surface area contributed by atoms with Gasteiger partial charge >= 0.3 is 0 Å². The lowest BCUT2D eigenvalue weighted by molar-refractivity contribution is 0.190. The van der Waals surface area contributed by atoms with Gasteiger partial charge in [0, 0.05) is 11.8 Å². The fraction of sp³-hybridized carbons (Fsp3) is 0.615. The van der Waals surface area contributed by atoms with E-state index < -0.39 is 0 Å². The van der Waals surface area contributed by atoms with Crippen LogP contribution in [-0.2, 0) is 6.42 Å². The summed E-state index contributed by atoms with van der Waals surface area (Å²) < 4.78 is 6.02. The average Bonchev–Trinajstić information content (AvgIpc) is 2.78. The van der Waals surface area contributed by atoms with Crippen molar-refractivity contribution in [2.45, 2.75) is 84.5 Å². The monoisotopic (exact) mass is 394 g/mol. The molecule has 0 amide bonds. The van der Waals surface area contributed by atoms with Crippen LogP contribution in [0.1, 0.15) is 83.7 Å². The maximum Gasteiger partial charge on any atom is 0.119 e. The van der Waals surface area contributed by atoms with Crippen LogP contribution >= 0.6 is 0 Å². The fourth-order valence-corrected chi connectivity index (χ4v) is 4.64. The molecule has 3 nitrogen and oxygen atoms in total. The molecule has 158 valence electrons. The van der Waals surface area contributed by atoms with Crippen LogP contribution in [0.3, 0.4) is 0 Å². The number of unbranched alkanes of at least 4 members (excludes halogenated alkanes) is 2. The maximum atomic E-state index is 6.02. The molecule has 0 spiro atoms. The second kappa shape index (κ2) is 11.9. The van der Waals surface area contributed by atoms with Crippen molar-refractivity contribution in [2.75, 3.05) is 6.61 Å². The molecule has 0 aliphatic heterocycles. The molecule has 29 heavy (non-hydrogen) atoms. The molecule has 1 fully saturated rings. The van der Waals surface area contributed by atoms with Crippen LogP contribution in [0.2, 0.25) is 0 Å². The lowest BCUT2D eigenvalue weighted by Gasteiger charge is -2.31. The van der Waals surface area contributed by atoms with Crippen molar-refractivity contribution in [3.63, 3.8) is 0 Å². The Bertz CT molecular complexity index is 696. The van der Waals surface area contributed by atoms with Crippen LogP contribution in [0, 0.1) is 11.8 Å². The van der Waals surface area contributed by atoms with Crippen molar-refractivity contribution in [3.05, 3.63) is 42.4 Å². The summed E-state index contributed by atoms with van der Waals surface area (Å²) in [6, 6.07) is 8.27. The van der Waals surface area contributed by atoms with Crippen molar-refractivity contribution in [3.8, 4) is 17.0 Å². The molecule has 0 saturated heterocycles. The van der Waals surface area contributed by atoms with Crippen LogP contribution in [-0.4, -0.2) is 16.6 Å². The topological polar surface area (TPSA) is 35.0 Å². The second-order valence-corrected chi connectivity index (χ2v) is 8.56. The van der Waals surface area contributed by atoms with E-state index in [2.05, 4.69) is 48.1 Å². The van der Waals surface area contributed by atoms with Gasteiger partial charge in [0.25, 0.3) is 0 Å². The van der Waals surface area contributed by atoms with Gasteiger partial charge < -0.3 is 4.74 Å². The van der Waals surface area contributed by atoms with Gasteiger partial charge in [-0.3, -0.25) is 9.97 Å². The number of aromatic nitrogens is 2. The Morgan fingerprint density at radius 2 is 1.59 bits per heavy atom. The molecule has 1 saturated carbocycles. The van der Waals surface area contributed by atoms with E-state index in [-0.39, 0.29) is 0 Å². The van der Waals surface area contributed by atoms with Gasteiger partial charge in [0.2, 0.25) is 0 Å². The first-order chi connectivity index (χ1) is 14.3. The lowest BCUT2D eigenvalue weighted by Crippen LogP contribution is -2.20. The van der Waals surface area contributed by atoms with Gasteiger partial charge in [-0.25, -0.2) is 0 Å². The van der Waals surface area contributed by atoms with E-state index in [0.717, 1.165) is 47.6 Å². The van der Waals surface area contributed by atoms with Crippen molar-refractivity contribution in [1.29, 1.82) is 0 Å². The van der Waals surface area contributed by atoms with Crippen LogP contribution in [0.15, 0.2) is 36.7 Å². The number of ether oxygens (including phenoxy) is 1. The van der Waals surface area contributed by atoms with E-state index in [4.69, 9.17) is 4.74 Å². The molecule has 0 radical (unpaired) electrons. The lowest BCUT2D eigenvalue weighted by atomic mass is 9.74. The molecule has 2 atom stereocenters. The molecule has 0 N–H and O–H groups in total. The smallest absolute Gasteiger partial charge is 0.119 e. The highest BCUT2D eigenvalue weighted by Gasteiger charge is 2.24. The summed E-state index contributed by atoms with van der Waals surface area (Å²) in [6.07, 6.45) is 18.5. The largest absolute Gasteiger partial charge is 0.494 e. The molecule has 1 aromatic heterocycles. The Balaban J connectivity index is 1.41. The standard InChI is InChI=1S/C26H38N2O/c1-3-5-6-10-21-11-7-8-12-22(21)13-9-18-29-25-16-14-23(15-17-25)26-20-27-24(4-2)19-28-26/h14-17,19-22H,3-13,18H2,1-2H3. The average molecular weight is 395 g/mol. The molecule has 3 rings (SSSR count). The van der Waals surface area contributed by atoms with E-state index in [0.29, 0.717) is 0 Å². The summed E-state index contributed by atoms with van der Waals surface area (Å²) in [5.41, 5.74) is 3.03. The van der Waals surface area contributed by atoms with Crippen LogP contribution in [0.25, 0.3) is 11.3 Å². The van der Waals surface area contributed by atoms with E-state index in [1.54, 1.807) is 0 Å². The normalized spacial score (nSPS) is 19.2. The number of hydrogen-bond donors (Lipinski definition) is 0. The SMILES string of the molecule is CCCCCC1CCCCC1CCCOc1ccc(-c2cnc(CC)cn2)cc1. The Morgan fingerprint density at radius 1 is 0.862 bits per heavy atom. The van der Waals surface area contributed by atoms with Gasteiger partial charge in [-0.2, -0.15) is 0 Å². The minimum absolute atomic E-state index is 0.822. The zero-order chi connectivity index (χ0) is 20.3. The Morgan fingerprint density at radius 3 is 2.21 bits per heavy atom. The molecule has 2 unspecified atom stereocenters. The molecule has 1 aliphatic carbocycles. The fourth-order valence-electron chi connectivity index (χ4n) is 4.64. The van der Waals surface area contributed by atoms with Crippen LogP contribution in [0.5, 0.6) is 5.75 Å². The molecule has 2 aromatic rings. The third kappa shape index (κ3) is 6.83. The maximum absolute atomic E-state index is 6.02. The zero-order valence-corrected chi connectivity index (χ0v) is 18.4. The summed E-state index contributed by atoms with van der Waals surface area (Å²) in [5.74, 6) is 2.85. The number of nitrogens with zero attached hydrogens (tertiary/aromatic N) is 2. The number of benzene rings is 1. The van der Waals surface area contributed by atoms with E-state index in [1.807, 2.05) is 12.4 Å². The summed E-state index contributed by atoms with van der Waals surface area (Å²) in [5, 5.41) is 0. The highest BCUT2D eigenvalue weighted by atomic mass is 16.5. The van der Waals surface area contributed by atoms with Gasteiger partial charge in [0.05, 0.1) is 24.2 Å². The Kier molecular flexibility index (Phi) is 8.98. The predicted octanol–water partition coefficient (Wildman–Crippen LogP) is 7.25. The van der Waals surface area contributed by atoms with Crippen molar-refractivity contribution in [2.24, 2.45) is 11.8 Å². The highest BCUT2D eigenvalue weighted by molar-refractivity contribution is 5.58. The molecule has 3 heteroatoms. The minimum atomic E-state index is 0.822. The summed E-state index contributed by atoms with van der Waals surface area (Å²) in [4.78, 5) is 8.94. The number of aryl methyl sites for hydroxylation is 1.